The molecule has 126 valence electrons. The Morgan fingerprint density at radius 3 is 2.32 bits per heavy atom. The van der Waals surface area contributed by atoms with E-state index < -0.39 is 23.2 Å². The maximum atomic E-state index is 13.1. The second-order valence-corrected chi connectivity index (χ2v) is 7.00. The molecule has 4 rings (SSSR count). The Morgan fingerprint density at radius 2 is 1.64 bits per heavy atom. The van der Waals surface area contributed by atoms with E-state index in [4.69, 9.17) is 4.74 Å². The van der Waals surface area contributed by atoms with E-state index in [2.05, 4.69) is 0 Å². The van der Waals surface area contributed by atoms with Crippen molar-refractivity contribution in [3.8, 4) is 5.75 Å². The number of Topliss-reactive ketones (excluding diaryl/α,β-unsaturated/α-hetero) is 2. The molecule has 2 aromatic carbocycles. The standard InChI is InChI=1S/C21H18O4/c1-12(2)19(23)21-16(14-10-6-7-11-15(14)25-20(21)24)17(21)18(22)13-8-4-3-5-9-13/h3-12,16-17H,1-2H3/t16-,17+,21-/m1/s1. The molecule has 0 saturated heterocycles. The Hall–Kier alpha value is -2.75. The lowest BCUT2D eigenvalue weighted by Gasteiger charge is -2.23. The smallest absolute Gasteiger partial charge is 0.326 e. The third-order valence-electron chi connectivity index (χ3n) is 5.27. The van der Waals surface area contributed by atoms with E-state index in [1.807, 2.05) is 18.2 Å². The van der Waals surface area contributed by atoms with Gasteiger partial charge in [0.05, 0.1) is 5.92 Å². The molecule has 0 unspecified atom stereocenters. The van der Waals surface area contributed by atoms with Gasteiger partial charge in [0.1, 0.15) is 11.2 Å². The minimum Gasteiger partial charge on any atom is -0.425 e. The zero-order chi connectivity index (χ0) is 17.8. The van der Waals surface area contributed by atoms with Crippen LogP contribution < -0.4 is 4.74 Å². The van der Waals surface area contributed by atoms with Crippen LogP contribution in [0.25, 0.3) is 0 Å². The largest absolute Gasteiger partial charge is 0.425 e. The Morgan fingerprint density at radius 1 is 1.00 bits per heavy atom. The summed E-state index contributed by atoms with van der Waals surface area (Å²) in [6, 6.07) is 16.0. The molecule has 2 aliphatic rings. The number of para-hydroxylation sites is 1. The molecule has 3 atom stereocenters. The highest BCUT2D eigenvalue weighted by atomic mass is 16.5. The van der Waals surface area contributed by atoms with E-state index in [-0.39, 0.29) is 17.5 Å². The molecule has 1 heterocycles. The van der Waals surface area contributed by atoms with Crippen LogP contribution in [0.15, 0.2) is 54.6 Å². The van der Waals surface area contributed by atoms with Crippen LogP contribution in [-0.4, -0.2) is 17.5 Å². The first kappa shape index (κ1) is 15.8. The van der Waals surface area contributed by atoms with Gasteiger partial charge in [-0.15, -0.1) is 0 Å². The third-order valence-corrected chi connectivity index (χ3v) is 5.27. The van der Waals surface area contributed by atoms with Crippen molar-refractivity contribution >= 4 is 17.5 Å². The normalized spacial score (nSPS) is 26.4. The maximum Gasteiger partial charge on any atom is 0.326 e. The third kappa shape index (κ3) is 2.03. The van der Waals surface area contributed by atoms with Crippen LogP contribution in [0.4, 0.5) is 0 Å². The summed E-state index contributed by atoms with van der Waals surface area (Å²) in [6.07, 6.45) is 0. The van der Waals surface area contributed by atoms with Gasteiger partial charge in [0.15, 0.2) is 11.6 Å². The van der Waals surface area contributed by atoms with Crippen molar-refractivity contribution in [2.45, 2.75) is 19.8 Å². The van der Waals surface area contributed by atoms with Gasteiger partial charge in [-0.05, 0) is 6.07 Å². The number of esters is 1. The maximum absolute atomic E-state index is 13.1. The Bertz CT molecular complexity index is 884. The van der Waals surface area contributed by atoms with E-state index in [9.17, 15) is 14.4 Å². The first-order chi connectivity index (χ1) is 12.0. The summed E-state index contributed by atoms with van der Waals surface area (Å²) in [4.78, 5) is 38.9. The SMILES string of the molecule is CC(C)C(=O)[C@@]12C(=O)Oc3ccccc3[C@@H]1[C@H]2C(=O)c1ccccc1. The van der Waals surface area contributed by atoms with Gasteiger partial charge in [-0.1, -0.05) is 62.4 Å². The molecule has 0 bridgehead atoms. The van der Waals surface area contributed by atoms with Gasteiger partial charge in [-0.3, -0.25) is 14.4 Å². The summed E-state index contributed by atoms with van der Waals surface area (Å²) < 4.78 is 5.46. The van der Waals surface area contributed by atoms with Gasteiger partial charge in [0.25, 0.3) is 0 Å². The second kappa shape index (κ2) is 5.38. The molecular formula is C21H18O4. The molecule has 0 amide bonds. The number of ketones is 2. The van der Waals surface area contributed by atoms with Crippen molar-refractivity contribution in [1.82, 2.24) is 0 Å². The second-order valence-electron chi connectivity index (χ2n) is 7.00. The number of fused-ring (bicyclic) bond motifs is 3. The summed E-state index contributed by atoms with van der Waals surface area (Å²) in [5.41, 5.74) is -0.0939. The van der Waals surface area contributed by atoms with Crippen LogP contribution in [0.1, 0.15) is 35.7 Å². The molecule has 0 N–H and O–H groups in total. The van der Waals surface area contributed by atoms with Gasteiger partial charge in [0, 0.05) is 23.0 Å². The summed E-state index contributed by atoms with van der Waals surface area (Å²) in [7, 11) is 0. The van der Waals surface area contributed by atoms with Crippen molar-refractivity contribution in [3.05, 3.63) is 65.7 Å². The summed E-state index contributed by atoms with van der Waals surface area (Å²) in [5, 5.41) is 0. The average molecular weight is 334 g/mol. The zero-order valence-electron chi connectivity index (χ0n) is 14.1. The van der Waals surface area contributed by atoms with Crippen molar-refractivity contribution in [1.29, 1.82) is 0 Å². The predicted molar refractivity (Wildman–Crippen MR) is 91.4 cm³/mol. The number of carbonyl (C=O) groups excluding carboxylic acids is 3. The Kier molecular flexibility index (Phi) is 3.39. The Balaban J connectivity index is 1.86. The van der Waals surface area contributed by atoms with E-state index in [1.54, 1.807) is 50.2 Å². The van der Waals surface area contributed by atoms with Crippen LogP contribution >= 0.6 is 0 Å². The van der Waals surface area contributed by atoms with Gasteiger partial charge in [-0.25, -0.2) is 0 Å². The van der Waals surface area contributed by atoms with E-state index in [1.165, 1.54) is 0 Å². The highest BCUT2D eigenvalue weighted by Gasteiger charge is 2.79. The van der Waals surface area contributed by atoms with Crippen LogP contribution in [0.2, 0.25) is 0 Å². The monoisotopic (exact) mass is 334 g/mol. The lowest BCUT2D eigenvalue weighted by atomic mass is 9.85. The van der Waals surface area contributed by atoms with E-state index >= 15 is 0 Å². The van der Waals surface area contributed by atoms with Crippen molar-refractivity contribution in [2.24, 2.45) is 17.3 Å². The van der Waals surface area contributed by atoms with Crippen molar-refractivity contribution in [3.63, 3.8) is 0 Å². The molecule has 0 radical (unpaired) electrons. The quantitative estimate of drug-likeness (QED) is 0.372. The van der Waals surface area contributed by atoms with Crippen LogP contribution in [0, 0.1) is 17.3 Å². The fourth-order valence-corrected chi connectivity index (χ4v) is 4.11. The lowest BCUT2D eigenvalue weighted by molar-refractivity contribution is -0.149. The molecule has 1 aliphatic carbocycles. The molecule has 4 nitrogen and oxygen atoms in total. The van der Waals surface area contributed by atoms with Crippen LogP contribution in [-0.2, 0) is 9.59 Å². The number of hydrogen-bond acceptors (Lipinski definition) is 4. The fourth-order valence-electron chi connectivity index (χ4n) is 4.11. The zero-order valence-corrected chi connectivity index (χ0v) is 14.1. The van der Waals surface area contributed by atoms with E-state index in [0.29, 0.717) is 11.3 Å². The van der Waals surface area contributed by atoms with Gasteiger partial charge < -0.3 is 4.74 Å². The molecule has 0 spiro atoms. The molecular weight excluding hydrogens is 316 g/mol. The summed E-state index contributed by atoms with van der Waals surface area (Å²) >= 11 is 0. The van der Waals surface area contributed by atoms with Crippen molar-refractivity contribution < 1.29 is 19.1 Å². The van der Waals surface area contributed by atoms with Gasteiger partial charge in [-0.2, -0.15) is 0 Å². The molecule has 2 aromatic rings. The minimum atomic E-state index is -1.38. The minimum absolute atomic E-state index is 0.173. The van der Waals surface area contributed by atoms with E-state index in [0.717, 1.165) is 5.56 Å². The lowest BCUT2D eigenvalue weighted by Crippen LogP contribution is -2.38. The molecule has 1 fully saturated rings. The number of rotatable bonds is 4. The highest BCUT2D eigenvalue weighted by Crippen LogP contribution is 2.70. The number of hydrogen-bond donors (Lipinski definition) is 0. The van der Waals surface area contributed by atoms with Crippen LogP contribution in [0.5, 0.6) is 5.75 Å². The fraction of sp³-hybridized carbons (Fsp3) is 0.286. The topological polar surface area (TPSA) is 60.4 Å². The Labute approximate surface area is 145 Å². The van der Waals surface area contributed by atoms with Crippen LogP contribution in [0.3, 0.4) is 0 Å². The summed E-state index contributed by atoms with van der Waals surface area (Å²) in [5.74, 6) is -2.01. The molecule has 1 aliphatic heterocycles. The van der Waals surface area contributed by atoms with Gasteiger partial charge in [0.2, 0.25) is 0 Å². The van der Waals surface area contributed by atoms with Crippen molar-refractivity contribution in [2.75, 3.05) is 0 Å². The first-order valence-electron chi connectivity index (χ1n) is 8.44. The molecule has 4 heteroatoms. The molecule has 25 heavy (non-hydrogen) atoms. The molecule has 0 aromatic heterocycles. The molecule has 1 saturated carbocycles. The predicted octanol–water partition coefficient (Wildman–Crippen LogP) is 3.41. The number of ether oxygens (including phenoxy) is 1. The number of benzene rings is 2. The summed E-state index contributed by atoms with van der Waals surface area (Å²) in [6.45, 7) is 3.51. The first-order valence-corrected chi connectivity index (χ1v) is 8.44. The van der Waals surface area contributed by atoms with Gasteiger partial charge >= 0.3 is 5.97 Å². The highest BCUT2D eigenvalue weighted by molar-refractivity contribution is 6.19. The average Bonchev–Trinajstić information content (AvgIpc) is 3.33. The number of carbonyl (C=O) groups is 3.